The highest BCUT2D eigenvalue weighted by atomic mass is 35.5. The van der Waals surface area contributed by atoms with E-state index in [9.17, 15) is 4.79 Å². The normalized spacial score (nSPS) is 16.1. The van der Waals surface area contributed by atoms with E-state index < -0.39 is 0 Å². The van der Waals surface area contributed by atoms with Crippen LogP contribution in [-0.4, -0.2) is 53.4 Å². The Morgan fingerprint density at radius 2 is 2.11 bits per heavy atom. The number of carbonyl (C=O) groups excluding carboxylic acids is 1. The summed E-state index contributed by atoms with van der Waals surface area (Å²) in [4.78, 5) is 14.7. The standard InChI is InChI=1S/C18H24N4O3.2ClH/c1-13-9-19-6-7-22(13)18(23)15-4-5-16(17(8-15)24-3)25-12-14-10-20-21(2)11-14;;/h4-5,8,10-11,13,19H,6-7,9,12H2,1-3H3;2*1H/t13-;;/m0../s1. The van der Waals surface area contributed by atoms with Crippen LogP contribution in [0.4, 0.5) is 0 Å². The zero-order valence-electron chi connectivity index (χ0n) is 15.7. The number of nitrogens with one attached hydrogen (secondary N) is 1. The zero-order valence-corrected chi connectivity index (χ0v) is 17.3. The van der Waals surface area contributed by atoms with E-state index in [1.807, 2.05) is 25.1 Å². The van der Waals surface area contributed by atoms with E-state index in [2.05, 4.69) is 10.4 Å². The van der Waals surface area contributed by atoms with E-state index in [-0.39, 0.29) is 36.8 Å². The first-order chi connectivity index (χ1) is 12.1. The third-order valence-corrected chi connectivity index (χ3v) is 4.33. The fourth-order valence-electron chi connectivity index (χ4n) is 2.94. The number of nitrogens with zero attached hydrogens (tertiary/aromatic N) is 3. The second-order valence-corrected chi connectivity index (χ2v) is 6.23. The summed E-state index contributed by atoms with van der Waals surface area (Å²) in [6, 6.07) is 5.50. The third-order valence-electron chi connectivity index (χ3n) is 4.33. The lowest BCUT2D eigenvalue weighted by atomic mass is 10.1. The summed E-state index contributed by atoms with van der Waals surface area (Å²) in [6.45, 7) is 4.79. The molecule has 3 rings (SSSR count). The van der Waals surface area contributed by atoms with Crippen molar-refractivity contribution in [2.75, 3.05) is 26.7 Å². The first-order valence-electron chi connectivity index (χ1n) is 8.38. The number of amides is 1. The van der Waals surface area contributed by atoms with Gasteiger partial charge in [-0.3, -0.25) is 9.48 Å². The molecule has 0 saturated carbocycles. The van der Waals surface area contributed by atoms with Crippen LogP contribution in [0.3, 0.4) is 0 Å². The van der Waals surface area contributed by atoms with Gasteiger partial charge in [0.2, 0.25) is 0 Å². The summed E-state index contributed by atoms with van der Waals surface area (Å²) >= 11 is 0. The van der Waals surface area contributed by atoms with Gasteiger partial charge in [0, 0.05) is 50.0 Å². The molecule has 1 fully saturated rings. The molecule has 1 amide bonds. The smallest absolute Gasteiger partial charge is 0.254 e. The lowest BCUT2D eigenvalue weighted by Crippen LogP contribution is -2.52. The molecular formula is C18H26Cl2N4O3. The predicted molar refractivity (Wildman–Crippen MR) is 108 cm³/mol. The van der Waals surface area contributed by atoms with Crippen molar-refractivity contribution in [3.05, 3.63) is 41.7 Å². The lowest BCUT2D eigenvalue weighted by Gasteiger charge is -2.34. The molecular weight excluding hydrogens is 391 g/mol. The molecule has 1 atom stereocenters. The molecule has 7 nitrogen and oxygen atoms in total. The molecule has 0 radical (unpaired) electrons. The Morgan fingerprint density at radius 3 is 2.74 bits per heavy atom. The molecule has 27 heavy (non-hydrogen) atoms. The SMILES string of the molecule is COc1cc(C(=O)N2CCNC[C@@H]2C)ccc1OCc1cnn(C)c1.Cl.Cl. The summed E-state index contributed by atoms with van der Waals surface area (Å²) < 4.78 is 13.0. The number of hydrogen-bond donors (Lipinski definition) is 1. The molecule has 9 heteroatoms. The highest BCUT2D eigenvalue weighted by Crippen LogP contribution is 2.29. The van der Waals surface area contributed by atoms with E-state index >= 15 is 0 Å². The molecule has 2 aromatic rings. The Balaban J connectivity index is 0.00000182. The Kier molecular flexibility index (Phi) is 8.88. The number of benzene rings is 1. The van der Waals surface area contributed by atoms with Crippen molar-refractivity contribution in [1.82, 2.24) is 20.0 Å². The second kappa shape index (κ2) is 10.4. The van der Waals surface area contributed by atoms with E-state index in [0.29, 0.717) is 30.2 Å². The first-order valence-corrected chi connectivity index (χ1v) is 8.38. The average Bonchev–Trinajstić information content (AvgIpc) is 3.05. The lowest BCUT2D eigenvalue weighted by molar-refractivity contribution is 0.0655. The van der Waals surface area contributed by atoms with Crippen molar-refractivity contribution in [1.29, 1.82) is 0 Å². The van der Waals surface area contributed by atoms with Gasteiger partial charge in [0.15, 0.2) is 11.5 Å². The molecule has 0 bridgehead atoms. The monoisotopic (exact) mass is 416 g/mol. The minimum Gasteiger partial charge on any atom is -0.493 e. The van der Waals surface area contributed by atoms with Crippen LogP contribution >= 0.6 is 24.8 Å². The van der Waals surface area contributed by atoms with Crippen molar-refractivity contribution in [2.24, 2.45) is 7.05 Å². The van der Waals surface area contributed by atoms with Crippen molar-refractivity contribution >= 4 is 30.7 Å². The van der Waals surface area contributed by atoms with E-state index in [4.69, 9.17) is 9.47 Å². The number of ether oxygens (including phenoxy) is 2. The van der Waals surface area contributed by atoms with E-state index in [1.165, 1.54) is 0 Å². The van der Waals surface area contributed by atoms with E-state index in [1.54, 1.807) is 36.2 Å². The van der Waals surface area contributed by atoms with Crippen molar-refractivity contribution in [3.8, 4) is 11.5 Å². The number of aryl methyl sites for hydroxylation is 1. The summed E-state index contributed by atoms with van der Waals surface area (Å²) in [5, 5.41) is 7.41. The number of rotatable bonds is 5. The number of halogens is 2. The van der Waals surface area contributed by atoms with Gasteiger partial charge < -0.3 is 19.7 Å². The van der Waals surface area contributed by atoms with Crippen LogP contribution in [0.2, 0.25) is 0 Å². The summed E-state index contributed by atoms with van der Waals surface area (Å²) in [5.41, 5.74) is 1.58. The van der Waals surface area contributed by atoms with Crippen LogP contribution in [-0.2, 0) is 13.7 Å². The summed E-state index contributed by atoms with van der Waals surface area (Å²) in [5.74, 6) is 1.18. The number of aromatic nitrogens is 2. The molecule has 1 aliphatic heterocycles. The molecule has 0 aliphatic carbocycles. The van der Waals surface area contributed by atoms with Gasteiger partial charge in [-0.05, 0) is 25.1 Å². The van der Waals surface area contributed by atoms with Crippen LogP contribution in [0.15, 0.2) is 30.6 Å². The highest BCUT2D eigenvalue weighted by molar-refractivity contribution is 5.95. The number of carbonyl (C=O) groups is 1. The van der Waals surface area contributed by atoms with Gasteiger partial charge in [0.1, 0.15) is 6.61 Å². The van der Waals surface area contributed by atoms with Crippen LogP contribution in [0.5, 0.6) is 11.5 Å². The van der Waals surface area contributed by atoms with Crippen molar-refractivity contribution in [2.45, 2.75) is 19.6 Å². The molecule has 0 spiro atoms. The van der Waals surface area contributed by atoms with Crippen LogP contribution in [0, 0.1) is 0 Å². The van der Waals surface area contributed by atoms with Crippen molar-refractivity contribution < 1.29 is 14.3 Å². The molecule has 1 saturated heterocycles. The van der Waals surface area contributed by atoms with Gasteiger partial charge >= 0.3 is 0 Å². The minimum absolute atomic E-state index is 0. The van der Waals surface area contributed by atoms with Crippen LogP contribution in [0.1, 0.15) is 22.8 Å². The minimum atomic E-state index is 0. The molecule has 1 aromatic carbocycles. The Hall–Kier alpha value is -1.96. The second-order valence-electron chi connectivity index (χ2n) is 6.23. The first kappa shape index (κ1) is 23.1. The van der Waals surface area contributed by atoms with Crippen LogP contribution < -0.4 is 14.8 Å². The van der Waals surface area contributed by atoms with Gasteiger partial charge in [0.25, 0.3) is 5.91 Å². The molecule has 1 aliphatic rings. The predicted octanol–water partition coefficient (Wildman–Crippen LogP) is 2.29. The molecule has 1 aromatic heterocycles. The maximum atomic E-state index is 12.8. The van der Waals surface area contributed by atoms with Gasteiger partial charge in [0.05, 0.1) is 13.3 Å². The summed E-state index contributed by atoms with van der Waals surface area (Å²) in [7, 11) is 3.44. The number of piperazine rings is 1. The zero-order chi connectivity index (χ0) is 17.8. The average molecular weight is 417 g/mol. The largest absolute Gasteiger partial charge is 0.493 e. The highest BCUT2D eigenvalue weighted by Gasteiger charge is 2.24. The van der Waals surface area contributed by atoms with Gasteiger partial charge in [-0.15, -0.1) is 24.8 Å². The Bertz CT molecular complexity index is 754. The van der Waals surface area contributed by atoms with E-state index in [0.717, 1.165) is 18.7 Å². The summed E-state index contributed by atoms with van der Waals surface area (Å²) in [6.07, 6.45) is 3.66. The molecule has 0 unspecified atom stereocenters. The Morgan fingerprint density at radius 1 is 1.33 bits per heavy atom. The molecule has 2 heterocycles. The van der Waals surface area contributed by atoms with Crippen molar-refractivity contribution in [3.63, 3.8) is 0 Å². The fourth-order valence-corrected chi connectivity index (χ4v) is 2.94. The third kappa shape index (κ3) is 5.51. The number of methoxy groups -OCH3 is 1. The van der Waals surface area contributed by atoms with Gasteiger partial charge in [-0.1, -0.05) is 0 Å². The molecule has 1 N–H and O–H groups in total. The Labute approximate surface area is 171 Å². The maximum absolute atomic E-state index is 12.8. The van der Waals surface area contributed by atoms with Gasteiger partial charge in [-0.2, -0.15) is 5.10 Å². The molecule has 150 valence electrons. The maximum Gasteiger partial charge on any atom is 0.254 e. The van der Waals surface area contributed by atoms with Gasteiger partial charge in [-0.25, -0.2) is 0 Å². The topological polar surface area (TPSA) is 68.6 Å². The quantitative estimate of drug-likeness (QED) is 0.809. The fraction of sp³-hybridized carbons (Fsp3) is 0.444. The van der Waals surface area contributed by atoms with Crippen LogP contribution in [0.25, 0.3) is 0 Å². The number of hydrogen-bond acceptors (Lipinski definition) is 5.